The highest BCUT2D eigenvalue weighted by atomic mass is 16.3. The van der Waals surface area contributed by atoms with Crippen LogP contribution in [0.1, 0.15) is 34.6 Å². The smallest absolute Gasteiger partial charge is 0.255 e. The maximum atomic E-state index is 12.2. The summed E-state index contributed by atoms with van der Waals surface area (Å²) in [5.74, 6) is 0.498. The second-order valence-electron chi connectivity index (χ2n) is 5.15. The number of imidazole rings is 1. The molecular formula is C17H17N3O2. The third-order valence-corrected chi connectivity index (χ3v) is 3.65. The van der Waals surface area contributed by atoms with E-state index < -0.39 is 0 Å². The molecule has 0 aliphatic carbocycles. The first-order valence-electron chi connectivity index (χ1n) is 7.08. The van der Waals surface area contributed by atoms with E-state index in [0.29, 0.717) is 11.3 Å². The summed E-state index contributed by atoms with van der Waals surface area (Å²) in [7, 11) is 0. The van der Waals surface area contributed by atoms with Crippen LogP contribution in [-0.2, 0) is 0 Å². The minimum absolute atomic E-state index is 0.0846. The highest BCUT2D eigenvalue weighted by Gasteiger charge is 2.15. The zero-order chi connectivity index (χ0) is 15.5. The van der Waals surface area contributed by atoms with Gasteiger partial charge < -0.3 is 14.3 Å². The molecule has 2 aromatic heterocycles. The standard InChI is InChI=1S/C17H17N3O2/c1-12(19-17(21)16-7-10-22-13(16)2)14-3-5-15(6-4-14)20-9-8-18-11-20/h3-12H,1-2H3,(H,19,21)/t12-/m1/s1. The molecule has 0 saturated heterocycles. The summed E-state index contributed by atoms with van der Waals surface area (Å²) in [4.78, 5) is 16.2. The van der Waals surface area contributed by atoms with Crippen molar-refractivity contribution in [3.63, 3.8) is 0 Å². The summed E-state index contributed by atoms with van der Waals surface area (Å²) in [5, 5.41) is 2.98. The Labute approximate surface area is 128 Å². The minimum atomic E-state index is -0.127. The molecule has 0 aliphatic rings. The van der Waals surface area contributed by atoms with Crippen LogP contribution in [0.3, 0.4) is 0 Å². The van der Waals surface area contributed by atoms with Crippen LogP contribution in [-0.4, -0.2) is 15.5 Å². The number of nitrogens with one attached hydrogen (secondary N) is 1. The first-order chi connectivity index (χ1) is 10.6. The highest BCUT2D eigenvalue weighted by molar-refractivity contribution is 5.95. The topological polar surface area (TPSA) is 60.1 Å². The quantitative estimate of drug-likeness (QED) is 0.803. The molecule has 0 aliphatic heterocycles. The summed E-state index contributed by atoms with van der Waals surface area (Å²) < 4.78 is 7.09. The van der Waals surface area contributed by atoms with Crippen molar-refractivity contribution in [2.24, 2.45) is 0 Å². The van der Waals surface area contributed by atoms with Gasteiger partial charge in [0.25, 0.3) is 5.91 Å². The second kappa shape index (κ2) is 5.89. The van der Waals surface area contributed by atoms with Crippen LogP contribution in [0.15, 0.2) is 59.7 Å². The molecule has 5 heteroatoms. The van der Waals surface area contributed by atoms with Gasteiger partial charge in [-0.05, 0) is 37.6 Å². The number of amides is 1. The Morgan fingerprint density at radius 1 is 1.27 bits per heavy atom. The fraction of sp³-hybridized carbons (Fsp3) is 0.176. The van der Waals surface area contributed by atoms with Gasteiger partial charge in [-0.1, -0.05) is 12.1 Å². The second-order valence-corrected chi connectivity index (χ2v) is 5.15. The number of aryl methyl sites for hydroxylation is 1. The molecule has 1 aromatic carbocycles. The van der Waals surface area contributed by atoms with E-state index in [1.54, 1.807) is 25.5 Å². The van der Waals surface area contributed by atoms with Gasteiger partial charge in [0.2, 0.25) is 0 Å². The van der Waals surface area contributed by atoms with E-state index in [9.17, 15) is 4.79 Å². The lowest BCUT2D eigenvalue weighted by molar-refractivity contribution is 0.0938. The van der Waals surface area contributed by atoms with Gasteiger partial charge in [0.15, 0.2) is 0 Å². The third kappa shape index (κ3) is 2.79. The molecular weight excluding hydrogens is 278 g/mol. The fourth-order valence-corrected chi connectivity index (χ4v) is 2.33. The van der Waals surface area contributed by atoms with E-state index in [1.807, 2.05) is 42.0 Å². The van der Waals surface area contributed by atoms with Crippen LogP contribution in [0.2, 0.25) is 0 Å². The van der Waals surface area contributed by atoms with Crippen LogP contribution >= 0.6 is 0 Å². The summed E-state index contributed by atoms with van der Waals surface area (Å²) in [5.41, 5.74) is 2.64. The summed E-state index contributed by atoms with van der Waals surface area (Å²) in [6, 6.07) is 9.61. The van der Waals surface area contributed by atoms with Crippen LogP contribution in [0, 0.1) is 6.92 Å². The van der Waals surface area contributed by atoms with Crippen molar-refractivity contribution < 1.29 is 9.21 Å². The summed E-state index contributed by atoms with van der Waals surface area (Å²) in [6.07, 6.45) is 6.91. The first kappa shape index (κ1) is 14.1. The van der Waals surface area contributed by atoms with Crippen molar-refractivity contribution in [1.82, 2.24) is 14.9 Å². The van der Waals surface area contributed by atoms with Crippen molar-refractivity contribution >= 4 is 5.91 Å². The number of hydrogen-bond acceptors (Lipinski definition) is 3. The molecule has 1 atom stereocenters. The van der Waals surface area contributed by atoms with Gasteiger partial charge in [-0.3, -0.25) is 4.79 Å². The van der Waals surface area contributed by atoms with E-state index in [-0.39, 0.29) is 11.9 Å². The van der Waals surface area contributed by atoms with E-state index in [1.165, 1.54) is 6.26 Å². The van der Waals surface area contributed by atoms with E-state index >= 15 is 0 Å². The number of hydrogen-bond donors (Lipinski definition) is 1. The Morgan fingerprint density at radius 3 is 2.64 bits per heavy atom. The van der Waals surface area contributed by atoms with Gasteiger partial charge in [0.1, 0.15) is 5.76 Å². The van der Waals surface area contributed by atoms with Crippen LogP contribution in [0.25, 0.3) is 5.69 Å². The largest absolute Gasteiger partial charge is 0.469 e. The molecule has 0 unspecified atom stereocenters. The Kier molecular flexibility index (Phi) is 3.78. The Balaban J connectivity index is 1.71. The highest BCUT2D eigenvalue weighted by Crippen LogP contribution is 2.17. The monoisotopic (exact) mass is 295 g/mol. The van der Waals surface area contributed by atoms with Crippen LogP contribution < -0.4 is 5.32 Å². The molecule has 1 N–H and O–H groups in total. The normalized spacial score (nSPS) is 12.1. The number of furan rings is 1. The number of benzene rings is 1. The lowest BCUT2D eigenvalue weighted by Crippen LogP contribution is -2.26. The molecule has 0 spiro atoms. The van der Waals surface area contributed by atoms with Crippen LogP contribution in [0.4, 0.5) is 0 Å². The number of carbonyl (C=O) groups is 1. The Hall–Kier alpha value is -2.82. The molecule has 0 radical (unpaired) electrons. The van der Waals surface area contributed by atoms with Crippen LogP contribution in [0.5, 0.6) is 0 Å². The average molecular weight is 295 g/mol. The van der Waals surface area contributed by atoms with Gasteiger partial charge in [-0.2, -0.15) is 0 Å². The lowest BCUT2D eigenvalue weighted by atomic mass is 10.1. The molecule has 0 bridgehead atoms. The molecule has 3 rings (SSSR count). The van der Waals surface area contributed by atoms with E-state index in [0.717, 1.165) is 11.3 Å². The lowest BCUT2D eigenvalue weighted by Gasteiger charge is -2.14. The molecule has 0 fully saturated rings. The third-order valence-electron chi connectivity index (χ3n) is 3.65. The van der Waals surface area contributed by atoms with Crippen molar-refractivity contribution in [3.8, 4) is 5.69 Å². The van der Waals surface area contributed by atoms with Crippen molar-refractivity contribution in [3.05, 3.63) is 72.2 Å². The molecule has 22 heavy (non-hydrogen) atoms. The molecule has 2 heterocycles. The average Bonchev–Trinajstić information content (AvgIpc) is 3.18. The number of rotatable bonds is 4. The predicted octanol–water partition coefficient (Wildman–Crippen LogP) is 3.26. The Bertz CT molecular complexity index is 758. The van der Waals surface area contributed by atoms with Crippen molar-refractivity contribution in [2.45, 2.75) is 19.9 Å². The van der Waals surface area contributed by atoms with Crippen molar-refractivity contribution in [2.75, 3.05) is 0 Å². The van der Waals surface area contributed by atoms with Gasteiger partial charge in [-0.25, -0.2) is 4.98 Å². The minimum Gasteiger partial charge on any atom is -0.469 e. The van der Waals surface area contributed by atoms with Gasteiger partial charge in [0.05, 0.1) is 24.2 Å². The molecule has 5 nitrogen and oxygen atoms in total. The van der Waals surface area contributed by atoms with Gasteiger partial charge in [-0.15, -0.1) is 0 Å². The first-order valence-corrected chi connectivity index (χ1v) is 7.08. The number of nitrogens with zero attached hydrogens (tertiary/aromatic N) is 2. The van der Waals surface area contributed by atoms with Crippen molar-refractivity contribution in [1.29, 1.82) is 0 Å². The molecule has 1 amide bonds. The maximum Gasteiger partial charge on any atom is 0.255 e. The summed E-state index contributed by atoms with van der Waals surface area (Å²) >= 11 is 0. The predicted molar refractivity (Wildman–Crippen MR) is 82.9 cm³/mol. The number of carbonyl (C=O) groups excluding carboxylic acids is 1. The van der Waals surface area contributed by atoms with Gasteiger partial charge >= 0.3 is 0 Å². The maximum absolute atomic E-state index is 12.2. The molecule has 3 aromatic rings. The molecule has 0 saturated carbocycles. The van der Waals surface area contributed by atoms with E-state index in [2.05, 4.69) is 10.3 Å². The zero-order valence-corrected chi connectivity index (χ0v) is 12.5. The molecule has 112 valence electrons. The number of aromatic nitrogens is 2. The van der Waals surface area contributed by atoms with Gasteiger partial charge in [0, 0.05) is 18.1 Å². The SMILES string of the molecule is Cc1occc1C(=O)N[C@H](C)c1ccc(-n2ccnc2)cc1. The van der Waals surface area contributed by atoms with E-state index in [4.69, 9.17) is 4.42 Å². The summed E-state index contributed by atoms with van der Waals surface area (Å²) in [6.45, 7) is 3.74. The fourth-order valence-electron chi connectivity index (χ4n) is 2.33. The zero-order valence-electron chi connectivity index (χ0n) is 12.5. The Morgan fingerprint density at radius 2 is 2.05 bits per heavy atom.